The van der Waals surface area contributed by atoms with E-state index in [1.54, 1.807) is 12.1 Å². The Morgan fingerprint density at radius 2 is 1.70 bits per heavy atom. The summed E-state index contributed by atoms with van der Waals surface area (Å²) in [5.74, 6) is -1.68. The van der Waals surface area contributed by atoms with Gasteiger partial charge in [-0.1, -0.05) is 38.3 Å². The van der Waals surface area contributed by atoms with Crippen LogP contribution in [0.15, 0.2) is 37.4 Å². The fourth-order valence-corrected chi connectivity index (χ4v) is 1.62. The van der Waals surface area contributed by atoms with Gasteiger partial charge in [-0.15, -0.1) is 13.2 Å². The number of hydrogen-bond acceptors (Lipinski definition) is 3. The van der Waals surface area contributed by atoms with Gasteiger partial charge in [-0.2, -0.15) is 0 Å². The van der Waals surface area contributed by atoms with E-state index in [0.29, 0.717) is 6.61 Å². The van der Waals surface area contributed by atoms with Crippen molar-refractivity contribution in [1.29, 1.82) is 0 Å². The van der Waals surface area contributed by atoms with Crippen molar-refractivity contribution in [3.05, 3.63) is 48.6 Å². The van der Waals surface area contributed by atoms with Gasteiger partial charge >= 0.3 is 11.9 Å². The van der Waals surface area contributed by atoms with Crippen molar-refractivity contribution >= 4 is 11.9 Å². The van der Waals surface area contributed by atoms with Crippen molar-refractivity contribution in [3.63, 3.8) is 0 Å². The third-order valence-corrected chi connectivity index (χ3v) is 2.61. The summed E-state index contributed by atoms with van der Waals surface area (Å²) in [5, 5.41) is 8.95. The Balaban J connectivity index is 0.00000172. The molecule has 0 saturated heterocycles. The van der Waals surface area contributed by atoms with Crippen molar-refractivity contribution in [2.45, 2.75) is 32.6 Å². The van der Waals surface area contributed by atoms with Crippen LogP contribution in [0.3, 0.4) is 0 Å². The molecule has 1 rings (SSSR count). The van der Waals surface area contributed by atoms with Crippen molar-refractivity contribution in [2.24, 2.45) is 0 Å². The van der Waals surface area contributed by atoms with Gasteiger partial charge in [0.1, 0.15) is 0 Å². The fraction of sp³-hybridized carbons (Fsp3) is 0.375. The van der Waals surface area contributed by atoms with E-state index in [9.17, 15) is 9.59 Å². The molecule has 0 aliphatic rings. The number of aromatic carboxylic acids is 1. The average Bonchev–Trinajstić information content (AvgIpc) is 2.49. The first-order valence-corrected chi connectivity index (χ1v) is 6.66. The van der Waals surface area contributed by atoms with Gasteiger partial charge in [0, 0.05) is 0 Å². The summed E-state index contributed by atoms with van der Waals surface area (Å²) in [6.07, 6.45) is 4.07. The van der Waals surface area contributed by atoms with Crippen LogP contribution in [-0.2, 0) is 4.74 Å². The Kier molecular flexibility index (Phi) is 9.66. The minimum absolute atomic E-state index is 0.0175. The average molecular weight is 278 g/mol. The first kappa shape index (κ1) is 17.9. The minimum Gasteiger partial charge on any atom is -0.478 e. The zero-order valence-electron chi connectivity index (χ0n) is 11.9. The highest BCUT2D eigenvalue weighted by atomic mass is 16.5. The SMILES string of the molecule is C=C.CCCCCCOC(=O)c1ccccc1C(=O)O. The van der Waals surface area contributed by atoms with Crippen LogP contribution in [-0.4, -0.2) is 23.7 Å². The number of unbranched alkanes of at least 4 members (excludes halogenated alkanes) is 3. The third kappa shape index (κ3) is 6.18. The molecule has 0 aromatic heterocycles. The van der Waals surface area contributed by atoms with Crippen molar-refractivity contribution in [2.75, 3.05) is 6.61 Å². The largest absolute Gasteiger partial charge is 0.478 e. The van der Waals surface area contributed by atoms with E-state index >= 15 is 0 Å². The predicted octanol–water partition coefficient (Wildman–Crippen LogP) is 3.92. The van der Waals surface area contributed by atoms with E-state index < -0.39 is 11.9 Å². The van der Waals surface area contributed by atoms with Gasteiger partial charge in [0.15, 0.2) is 0 Å². The van der Waals surface area contributed by atoms with Crippen molar-refractivity contribution in [3.8, 4) is 0 Å². The molecule has 0 bridgehead atoms. The molecule has 0 spiro atoms. The van der Waals surface area contributed by atoms with Crippen molar-refractivity contribution in [1.82, 2.24) is 0 Å². The van der Waals surface area contributed by atoms with E-state index in [1.807, 2.05) is 0 Å². The highest BCUT2D eigenvalue weighted by Crippen LogP contribution is 2.11. The number of esters is 1. The molecule has 0 atom stereocenters. The van der Waals surface area contributed by atoms with E-state index in [4.69, 9.17) is 9.84 Å². The van der Waals surface area contributed by atoms with Gasteiger partial charge in [-0.05, 0) is 18.6 Å². The summed E-state index contributed by atoms with van der Waals surface area (Å²) in [5.41, 5.74) is 0.0940. The van der Waals surface area contributed by atoms with Gasteiger partial charge in [0.05, 0.1) is 17.7 Å². The first-order chi connectivity index (χ1) is 9.66. The summed E-state index contributed by atoms with van der Waals surface area (Å²) in [4.78, 5) is 22.7. The summed E-state index contributed by atoms with van der Waals surface area (Å²) < 4.78 is 5.06. The molecule has 0 saturated carbocycles. The topological polar surface area (TPSA) is 63.6 Å². The number of carbonyl (C=O) groups is 2. The Labute approximate surface area is 120 Å². The van der Waals surface area contributed by atoms with E-state index in [2.05, 4.69) is 20.1 Å². The number of hydrogen-bond donors (Lipinski definition) is 1. The quantitative estimate of drug-likeness (QED) is 0.466. The van der Waals surface area contributed by atoms with Crippen LogP contribution >= 0.6 is 0 Å². The minimum atomic E-state index is -1.12. The van der Waals surface area contributed by atoms with E-state index in [-0.39, 0.29) is 11.1 Å². The number of rotatable bonds is 7. The lowest BCUT2D eigenvalue weighted by atomic mass is 10.1. The van der Waals surface area contributed by atoms with E-state index in [1.165, 1.54) is 12.1 Å². The second-order valence-electron chi connectivity index (χ2n) is 4.05. The molecule has 0 unspecified atom stereocenters. The molecule has 20 heavy (non-hydrogen) atoms. The molecule has 1 N–H and O–H groups in total. The summed E-state index contributed by atoms with van der Waals surface area (Å²) in [7, 11) is 0. The number of benzene rings is 1. The molecule has 0 radical (unpaired) electrons. The lowest BCUT2D eigenvalue weighted by Gasteiger charge is -2.06. The van der Waals surface area contributed by atoms with Crippen LogP contribution in [0, 0.1) is 0 Å². The van der Waals surface area contributed by atoms with Crippen LogP contribution in [0.1, 0.15) is 53.3 Å². The lowest BCUT2D eigenvalue weighted by Crippen LogP contribution is -2.12. The summed E-state index contributed by atoms with van der Waals surface area (Å²) in [6, 6.07) is 6.08. The van der Waals surface area contributed by atoms with E-state index in [0.717, 1.165) is 25.7 Å². The normalized spacial score (nSPS) is 9.25. The zero-order valence-corrected chi connectivity index (χ0v) is 11.9. The van der Waals surface area contributed by atoms with Gasteiger partial charge in [0.2, 0.25) is 0 Å². The molecule has 0 aliphatic carbocycles. The Hall–Kier alpha value is -2.10. The van der Waals surface area contributed by atoms with Gasteiger partial charge < -0.3 is 9.84 Å². The molecule has 0 fully saturated rings. The molecule has 110 valence electrons. The number of ether oxygens (including phenoxy) is 1. The van der Waals surface area contributed by atoms with Gasteiger partial charge in [-0.25, -0.2) is 9.59 Å². The standard InChI is InChI=1S/C14H18O4.C2H4/c1-2-3-4-7-10-18-14(17)12-9-6-5-8-11(12)13(15)16;1-2/h5-6,8-9H,2-4,7,10H2,1H3,(H,15,16);1-2H2. The maximum Gasteiger partial charge on any atom is 0.339 e. The van der Waals surface area contributed by atoms with Crippen LogP contribution in [0.4, 0.5) is 0 Å². The number of carboxylic acids is 1. The molecule has 1 aromatic rings. The maximum atomic E-state index is 11.7. The van der Waals surface area contributed by atoms with Gasteiger partial charge in [0.25, 0.3) is 0 Å². The second kappa shape index (κ2) is 10.8. The van der Waals surface area contributed by atoms with Crippen LogP contribution < -0.4 is 0 Å². The highest BCUT2D eigenvalue weighted by Gasteiger charge is 2.16. The highest BCUT2D eigenvalue weighted by molar-refractivity contribution is 6.02. The molecule has 0 heterocycles. The molecular formula is C16H22O4. The van der Waals surface area contributed by atoms with Crippen LogP contribution in [0.5, 0.6) is 0 Å². The molecule has 4 heteroatoms. The molecule has 1 aromatic carbocycles. The van der Waals surface area contributed by atoms with Crippen LogP contribution in [0.2, 0.25) is 0 Å². The maximum absolute atomic E-state index is 11.7. The number of carbonyl (C=O) groups excluding carboxylic acids is 1. The Morgan fingerprint density at radius 3 is 2.25 bits per heavy atom. The lowest BCUT2D eigenvalue weighted by molar-refractivity contribution is 0.0487. The monoisotopic (exact) mass is 278 g/mol. The number of carboxylic acid groups (broad SMARTS) is 1. The molecule has 0 amide bonds. The smallest absolute Gasteiger partial charge is 0.339 e. The fourth-order valence-electron chi connectivity index (χ4n) is 1.62. The second-order valence-corrected chi connectivity index (χ2v) is 4.05. The zero-order chi connectivity index (χ0) is 15.4. The Bertz CT molecular complexity index is 426. The summed E-state index contributed by atoms with van der Waals surface area (Å²) in [6.45, 7) is 8.45. The molecule has 0 aliphatic heterocycles. The molecule has 4 nitrogen and oxygen atoms in total. The first-order valence-electron chi connectivity index (χ1n) is 6.66. The van der Waals surface area contributed by atoms with Crippen LogP contribution in [0.25, 0.3) is 0 Å². The van der Waals surface area contributed by atoms with Crippen molar-refractivity contribution < 1.29 is 19.4 Å². The third-order valence-electron chi connectivity index (χ3n) is 2.61. The Morgan fingerprint density at radius 1 is 1.10 bits per heavy atom. The predicted molar refractivity (Wildman–Crippen MR) is 79.1 cm³/mol. The van der Waals surface area contributed by atoms with Gasteiger partial charge in [-0.3, -0.25) is 0 Å². The molecular weight excluding hydrogens is 256 g/mol. The summed E-state index contributed by atoms with van der Waals surface area (Å²) >= 11 is 0.